The highest BCUT2D eigenvalue weighted by atomic mass is 16.5. The van der Waals surface area contributed by atoms with Gasteiger partial charge in [-0.2, -0.15) is 0 Å². The smallest absolute Gasteiger partial charge is 0.354 e. The van der Waals surface area contributed by atoms with Gasteiger partial charge in [-0.1, -0.05) is 0 Å². The van der Waals surface area contributed by atoms with E-state index in [2.05, 4.69) is 4.98 Å². The van der Waals surface area contributed by atoms with Crippen molar-refractivity contribution < 1.29 is 14.6 Å². The molecule has 1 aliphatic carbocycles. The summed E-state index contributed by atoms with van der Waals surface area (Å²) >= 11 is 0. The monoisotopic (exact) mass is 193 g/mol. The zero-order valence-electron chi connectivity index (χ0n) is 7.64. The molecule has 0 aliphatic heterocycles. The molecule has 0 atom stereocenters. The van der Waals surface area contributed by atoms with Crippen LogP contribution in [0, 0.1) is 0 Å². The Kier molecular flexibility index (Phi) is 2.35. The van der Waals surface area contributed by atoms with Crippen LogP contribution in [-0.2, 0) is 0 Å². The Bertz CT molecular complexity index is 330. The minimum atomic E-state index is -1.01. The molecule has 2 rings (SSSR count). The summed E-state index contributed by atoms with van der Waals surface area (Å²) in [5.74, 6) is -0.361. The van der Waals surface area contributed by atoms with Gasteiger partial charge in [-0.3, -0.25) is 0 Å². The lowest BCUT2D eigenvalue weighted by Gasteiger charge is -2.26. The van der Waals surface area contributed by atoms with E-state index in [1.54, 1.807) is 6.07 Å². The topological polar surface area (TPSA) is 59.4 Å². The Balaban J connectivity index is 2.01. The maximum absolute atomic E-state index is 10.5. The van der Waals surface area contributed by atoms with Crippen molar-refractivity contribution in [3.05, 3.63) is 24.0 Å². The second-order valence-corrected chi connectivity index (χ2v) is 3.36. The van der Waals surface area contributed by atoms with E-state index < -0.39 is 5.97 Å². The molecule has 4 nitrogen and oxygen atoms in total. The van der Waals surface area contributed by atoms with Crippen LogP contribution in [0.25, 0.3) is 0 Å². The fourth-order valence-corrected chi connectivity index (χ4v) is 1.26. The van der Waals surface area contributed by atoms with Crippen molar-refractivity contribution >= 4 is 5.97 Å². The predicted molar refractivity (Wildman–Crippen MR) is 49.5 cm³/mol. The molecule has 0 bridgehead atoms. The van der Waals surface area contributed by atoms with E-state index in [0.717, 1.165) is 12.8 Å². The van der Waals surface area contributed by atoms with Crippen LogP contribution in [-0.4, -0.2) is 22.2 Å². The standard InChI is InChI=1S/C10H11NO3/c12-10(13)9-5-4-8(6-11-9)14-7-2-1-3-7/h4-7H,1-3H2,(H,12,13). The van der Waals surface area contributed by atoms with Gasteiger partial charge in [0.25, 0.3) is 0 Å². The van der Waals surface area contributed by atoms with Gasteiger partial charge in [0, 0.05) is 0 Å². The van der Waals surface area contributed by atoms with Gasteiger partial charge in [-0.25, -0.2) is 9.78 Å². The first-order valence-electron chi connectivity index (χ1n) is 4.62. The van der Waals surface area contributed by atoms with E-state index in [-0.39, 0.29) is 5.69 Å². The Morgan fingerprint density at radius 3 is 2.71 bits per heavy atom. The van der Waals surface area contributed by atoms with E-state index >= 15 is 0 Å². The van der Waals surface area contributed by atoms with Crippen molar-refractivity contribution in [3.8, 4) is 5.75 Å². The fraction of sp³-hybridized carbons (Fsp3) is 0.400. The number of aromatic carboxylic acids is 1. The van der Waals surface area contributed by atoms with Crippen molar-refractivity contribution in [2.45, 2.75) is 25.4 Å². The lowest BCUT2D eigenvalue weighted by atomic mass is 9.96. The number of ether oxygens (including phenoxy) is 1. The van der Waals surface area contributed by atoms with Gasteiger partial charge < -0.3 is 9.84 Å². The summed E-state index contributed by atoms with van der Waals surface area (Å²) < 4.78 is 5.53. The van der Waals surface area contributed by atoms with Crippen LogP contribution in [0.3, 0.4) is 0 Å². The highest BCUT2D eigenvalue weighted by Crippen LogP contribution is 2.24. The zero-order chi connectivity index (χ0) is 9.97. The molecule has 0 radical (unpaired) electrons. The van der Waals surface area contributed by atoms with Crippen LogP contribution in [0.1, 0.15) is 29.8 Å². The van der Waals surface area contributed by atoms with Crippen molar-refractivity contribution in [3.63, 3.8) is 0 Å². The molecule has 0 spiro atoms. The fourth-order valence-electron chi connectivity index (χ4n) is 1.26. The number of hydrogen-bond acceptors (Lipinski definition) is 3. The highest BCUT2D eigenvalue weighted by molar-refractivity contribution is 5.85. The average molecular weight is 193 g/mol. The molecule has 1 fully saturated rings. The van der Waals surface area contributed by atoms with Crippen LogP contribution < -0.4 is 4.74 Å². The number of rotatable bonds is 3. The largest absolute Gasteiger partial charge is 0.489 e. The molecule has 74 valence electrons. The van der Waals surface area contributed by atoms with E-state index in [1.165, 1.54) is 18.7 Å². The highest BCUT2D eigenvalue weighted by Gasteiger charge is 2.19. The van der Waals surface area contributed by atoms with E-state index in [4.69, 9.17) is 9.84 Å². The Hall–Kier alpha value is -1.58. The molecular formula is C10H11NO3. The van der Waals surface area contributed by atoms with Gasteiger partial charge in [0.2, 0.25) is 0 Å². The first-order chi connectivity index (χ1) is 6.75. The summed E-state index contributed by atoms with van der Waals surface area (Å²) in [5.41, 5.74) is 0.0472. The summed E-state index contributed by atoms with van der Waals surface area (Å²) in [6.07, 6.45) is 5.14. The molecule has 0 unspecified atom stereocenters. The summed E-state index contributed by atoms with van der Waals surface area (Å²) in [6, 6.07) is 3.10. The number of carbonyl (C=O) groups is 1. The van der Waals surface area contributed by atoms with Crippen LogP contribution in [0.2, 0.25) is 0 Å². The summed E-state index contributed by atoms with van der Waals surface area (Å²) in [5, 5.41) is 8.61. The van der Waals surface area contributed by atoms with Crippen LogP contribution in [0.15, 0.2) is 18.3 Å². The molecule has 1 aromatic heterocycles. The van der Waals surface area contributed by atoms with Crippen LogP contribution in [0.5, 0.6) is 5.75 Å². The maximum Gasteiger partial charge on any atom is 0.354 e. The molecular weight excluding hydrogens is 182 g/mol. The maximum atomic E-state index is 10.5. The van der Waals surface area contributed by atoms with Crippen molar-refractivity contribution in [2.75, 3.05) is 0 Å². The Morgan fingerprint density at radius 2 is 2.29 bits per heavy atom. The number of nitrogens with zero attached hydrogens (tertiary/aromatic N) is 1. The molecule has 0 aromatic carbocycles. The van der Waals surface area contributed by atoms with E-state index in [9.17, 15) is 4.79 Å². The van der Waals surface area contributed by atoms with E-state index in [1.807, 2.05) is 0 Å². The van der Waals surface area contributed by atoms with Crippen molar-refractivity contribution in [2.24, 2.45) is 0 Å². The molecule has 1 N–H and O–H groups in total. The predicted octanol–water partition coefficient (Wildman–Crippen LogP) is 1.71. The Morgan fingerprint density at radius 1 is 1.50 bits per heavy atom. The van der Waals surface area contributed by atoms with Crippen molar-refractivity contribution in [1.82, 2.24) is 4.98 Å². The second kappa shape index (κ2) is 3.65. The average Bonchev–Trinajstić information content (AvgIpc) is 2.12. The second-order valence-electron chi connectivity index (χ2n) is 3.36. The molecule has 1 aliphatic rings. The third-order valence-electron chi connectivity index (χ3n) is 2.31. The number of hydrogen-bond donors (Lipinski definition) is 1. The lowest BCUT2D eigenvalue weighted by Crippen LogP contribution is -2.24. The molecule has 1 heterocycles. The lowest BCUT2D eigenvalue weighted by molar-refractivity contribution is 0.0690. The number of aromatic nitrogens is 1. The van der Waals surface area contributed by atoms with Crippen molar-refractivity contribution in [1.29, 1.82) is 0 Å². The minimum absolute atomic E-state index is 0.0472. The van der Waals surface area contributed by atoms with Crippen LogP contribution >= 0.6 is 0 Å². The molecule has 0 amide bonds. The van der Waals surface area contributed by atoms with Gasteiger partial charge in [0.1, 0.15) is 11.4 Å². The molecule has 14 heavy (non-hydrogen) atoms. The third-order valence-corrected chi connectivity index (χ3v) is 2.31. The molecule has 1 aromatic rings. The zero-order valence-corrected chi connectivity index (χ0v) is 7.64. The first kappa shape index (κ1) is 8.99. The molecule has 1 saturated carbocycles. The van der Waals surface area contributed by atoms with Gasteiger partial charge in [-0.15, -0.1) is 0 Å². The third kappa shape index (κ3) is 1.84. The van der Waals surface area contributed by atoms with Gasteiger partial charge in [0.15, 0.2) is 0 Å². The van der Waals surface area contributed by atoms with Gasteiger partial charge in [0.05, 0.1) is 12.3 Å². The summed E-state index contributed by atoms with van der Waals surface area (Å²) in [4.78, 5) is 14.3. The SMILES string of the molecule is O=C(O)c1ccc(OC2CCC2)cn1. The number of pyridine rings is 1. The van der Waals surface area contributed by atoms with Gasteiger partial charge in [-0.05, 0) is 31.4 Å². The van der Waals surface area contributed by atoms with Gasteiger partial charge >= 0.3 is 5.97 Å². The molecule has 4 heteroatoms. The quantitative estimate of drug-likeness (QED) is 0.793. The minimum Gasteiger partial charge on any atom is -0.489 e. The first-order valence-corrected chi connectivity index (χ1v) is 4.62. The summed E-state index contributed by atoms with van der Waals surface area (Å²) in [6.45, 7) is 0. The Labute approximate surface area is 81.5 Å². The number of carboxylic acids is 1. The molecule has 0 saturated heterocycles. The normalized spacial score (nSPS) is 16.0. The van der Waals surface area contributed by atoms with Crippen LogP contribution in [0.4, 0.5) is 0 Å². The summed E-state index contributed by atoms with van der Waals surface area (Å²) in [7, 11) is 0. The number of carboxylic acid groups (broad SMARTS) is 1. The van der Waals surface area contributed by atoms with E-state index in [0.29, 0.717) is 11.9 Å².